The molecule has 1 aliphatic heterocycles. The molecule has 1 aliphatic rings. The average Bonchev–Trinajstić information content (AvgIpc) is 3.09. The predicted molar refractivity (Wildman–Crippen MR) is 85.2 cm³/mol. The molecule has 2 aromatic rings. The van der Waals surface area contributed by atoms with E-state index in [1.54, 1.807) is 11.2 Å². The van der Waals surface area contributed by atoms with E-state index in [2.05, 4.69) is 22.4 Å². The first kappa shape index (κ1) is 15.5. The number of hydrogen-bond acceptors (Lipinski definition) is 4. The van der Waals surface area contributed by atoms with Gasteiger partial charge in [-0.2, -0.15) is 0 Å². The molecule has 1 atom stereocenters. The van der Waals surface area contributed by atoms with Gasteiger partial charge in [0, 0.05) is 18.8 Å². The molecule has 7 heteroatoms. The number of amides is 2. The van der Waals surface area contributed by atoms with Crippen LogP contribution in [0.25, 0.3) is 5.69 Å². The number of hydrogen-bond donors (Lipinski definition) is 1. The predicted octanol–water partition coefficient (Wildman–Crippen LogP) is 1.59. The molecule has 122 valence electrons. The molecular formula is C16H21N5O2. The summed E-state index contributed by atoms with van der Waals surface area (Å²) in [5, 5.41) is 11.0. The van der Waals surface area contributed by atoms with Crippen molar-refractivity contribution in [2.75, 3.05) is 19.7 Å². The fourth-order valence-electron chi connectivity index (χ4n) is 2.60. The maximum absolute atomic E-state index is 12.3. The molecule has 1 aromatic heterocycles. The van der Waals surface area contributed by atoms with E-state index in [0.29, 0.717) is 32.1 Å². The lowest BCUT2D eigenvalue weighted by Crippen LogP contribution is -2.49. The standard InChI is InChI=1S/C16H21N5O2/c1-2-14-11-20(8-9-23-14)16(22)17-10-15-19-18-12-21(15)13-6-4-3-5-7-13/h3-7,12,14H,2,8-11H2,1H3,(H,17,22). The van der Waals surface area contributed by atoms with Crippen molar-refractivity contribution in [2.24, 2.45) is 0 Å². The van der Waals surface area contributed by atoms with Gasteiger partial charge in [-0.05, 0) is 18.6 Å². The van der Waals surface area contributed by atoms with Gasteiger partial charge in [0.15, 0.2) is 5.82 Å². The number of carbonyl (C=O) groups is 1. The summed E-state index contributed by atoms with van der Waals surface area (Å²) in [6, 6.07) is 9.73. The Hall–Kier alpha value is -2.41. The normalized spacial score (nSPS) is 18.0. The molecule has 0 radical (unpaired) electrons. The molecule has 0 aliphatic carbocycles. The lowest BCUT2D eigenvalue weighted by Gasteiger charge is -2.32. The third-order valence-corrected chi connectivity index (χ3v) is 3.93. The Morgan fingerprint density at radius 3 is 3.00 bits per heavy atom. The lowest BCUT2D eigenvalue weighted by molar-refractivity contribution is -0.0154. The van der Waals surface area contributed by atoms with Gasteiger partial charge in [0.2, 0.25) is 0 Å². The molecule has 0 bridgehead atoms. The van der Waals surface area contributed by atoms with E-state index in [1.807, 2.05) is 34.9 Å². The van der Waals surface area contributed by atoms with Crippen molar-refractivity contribution < 1.29 is 9.53 Å². The van der Waals surface area contributed by atoms with E-state index in [4.69, 9.17) is 4.74 Å². The first-order valence-electron chi connectivity index (χ1n) is 7.86. The van der Waals surface area contributed by atoms with E-state index in [-0.39, 0.29) is 12.1 Å². The second-order valence-electron chi connectivity index (χ2n) is 5.46. The number of rotatable bonds is 4. The third kappa shape index (κ3) is 3.68. The van der Waals surface area contributed by atoms with Crippen LogP contribution in [0.3, 0.4) is 0 Å². The molecule has 1 fully saturated rings. The summed E-state index contributed by atoms with van der Waals surface area (Å²) in [6.07, 6.45) is 2.69. The Morgan fingerprint density at radius 1 is 1.39 bits per heavy atom. The first-order valence-corrected chi connectivity index (χ1v) is 7.86. The minimum Gasteiger partial charge on any atom is -0.375 e. The van der Waals surface area contributed by atoms with Crippen LogP contribution in [-0.4, -0.2) is 51.5 Å². The molecule has 23 heavy (non-hydrogen) atoms. The SMILES string of the molecule is CCC1CN(C(=O)NCc2nncn2-c2ccccc2)CCO1. The fraction of sp³-hybridized carbons (Fsp3) is 0.438. The summed E-state index contributed by atoms with van der Waals surface area (Å²) in [5.74, 6) is 0.699. The van der Waals surface area contributed by atoms with Crippen LogP contribution in [-0.2, 0) is 11.3 Å². The van der Waals surface area contributed by atoms with Crippen molar-refractivity contribution in [1.82, 2.24) is 25.0 Å². The maximum Gasteiger partial charge on any atom is 0.317 e. The van der Waals surface area contributed by atoms with Gasteiger partial charge in [0.05, 0.1) is 19.3 Å². The smallest absolute Gasteiger partial charge is 0.317 e. The Balaban J connectivity index is 1.61. The van der Waals surface area contributed by atoms with Crippen LogP contribution >= 0.6 is 0 Å². The number of para-hydroxylation sites is 1. The second-order valence-corrected chi connectivity index (χ2v) is 5.46. The van der Waals surface area contributed by atoms with Crippen molar-refractivity contribution in [3.8, 4) is 5.69 Å². The summed E-state index contributed by atoms with van der Waals surface area (Å²) in [7, 11) is 0. The zero-order valence-electron chi connectivity index (χ0n) is 13.2. The van der Waals surface area contributed by atoms with Gasteiger partial charge in [0.25, 0.3) is 0 Å². The molecule has 0 saturated carbocycles. The van der Waals surface area contributed by atoms with Crippen molar-refractivity contribution in [3.63, 3.8) is 0 Å². The van der Waals surface area contributed by atoms with Gasteiger partial charge < -0.3 is 15.0 Å². The monoisotopic (exact) mass is 315 g/mol. The molecule has 7 nitrogen and oxygen atoms in total. The van der Waals surface area contributed by atoms with E-state index in [9.17, 15) is 4.79 Å². The van der Waals surface area contributed by atoms with Crippen molar-refractivity contribution in [2.45, 2.75) is 26.0 Å². The summed E-state index contributed by atoms with van der Waals surface area (Å²) in [6.45, 7) is 4.24. The van der Waals surface area contributed by atoms with Gasteiger partial charge in [0.1, 0.15) is 6.33 Å². The molecular weight excluding hydrogens is 294 g/mol. The largest absolute Gasteiger partial charge is 0.375 e. The minimum absolute atomic E-state index is 0.0886. The van der Waals surface area contributed by atoms with Gasteiger partial charge in [-0.3, -0.25) is 4.57 Å². The van der Waals surface area contributed by atoms with Crippen LogP contribution in [0, 0.1) is 0 Å². The Bertz CT molecular complexity index is 643. The highest BCUT2D eigenvalue weighted by molar-refractivity contribution is 5.74. The number of carbonyl (C=O) groups excluding carboxylic acids is 1. The summed E-state index contributed by atoms with van der Waals surface area (Å²) < 4.78 is 7.46. The number of aromatic nitrogens is 3. The van der Waals surface area contributed by atoms with Gasteiger partial charge >= 0.3 is 6.03 Å². The highest BCUT2D eigenvalue weighted by atomic mass is 16.5. The molecule has 2 heterocycles. The molecule has 1 N–H and O–H groups in total. The summed E-state index contributed by atoms with van der Waals surface area (Å²) in [4.78, 5) is 14.1. The van der Waals surface area contributed by atoms with Crippen LogP contribution in [0.15, 0.2) is 36.7 Å². The van der Waals surface area contributed by atoms with E-state index in [1.165, 1.54) is 0 Å². The van der Waals surface area contributed by atoms with Crippen molar-refractivity contribution in [1.29, 1.82) is 0 Å². The van der Waals surface area contributed by atoms with Gasteiger partial charge in [-0.15, -0.1) is 10.2 Å². The van der Waals surface area contributed by atoms with Crippen LogP contribution in [0.5, 0.6) is 0 Å². The molecule has 1 unspecified atom stereocenters. The molecule has 1 aromatic carbocycles. The Morgan fingerprint density at radius 2 is 2.22 bits per heavy atom. The highest BCUT2D eigenvalue weighted by Crippen LogP contribution is 2.10. The average molecular weight is 315 g/mol. The van der Waals surface area contributed by atoms with Crippen molar-refractivity contribution >= 4 is 6.03 Å². The van der Waals surface area contributed by atoms with E-state index in [0.717, 1.165) is 12.1 Å². The summed E-state index contributed by atoms with van der Waals surface area (Å²) in [5.41, 5.74) is 0.971. The maximum atomic E-state index is 12.3. The number of morpholine rings is 1. The molecule has 3 rings (SSSR count). The van der Waals surface area contributed by atoms with Crippen LogP contribution < -0.4 is 5.32 Å². The topological polar surface area (TPSA) is 72.3 Å². The number of nitrogens with one attached hydrogen (secondary N) is 1. The Kier molecular flexibility index (Phi) is 4.87. The number of ether oxygens (including phenoxy) is 1. The molecule has 2 amide bonds. The van der Waals surface area contributed by atoms with Crippen LogP contribution in [0.4, 0.5) is 4.79 Å². The quantitative estimate of drug-likeness (QED) is 0.930. The van der Waals surface area contributed by atoms with Crippen molar-refractivity contribution in [3.05, 3.63) is 42.5 Å². The first-order chi connectivity index (χ1) is 11.3. The number of benzene rings is 1. The summed E-state index contributed by atoms with van der Waals surface area (Å²) >= 11 is 0. The third-order valence-electron chi connectivity index (χ3n) is 3.93. The lowest BCUT2D eigenvalue weighted by atomic mass is 10.2. The van der Waals surface area contributed by atoms with Crippen LogP contribution in [0.2, 0.25) is 0 Å². The Labute approximate surface area is 135 Å². The van der Waals surface area contributed by atoms with E-state index < -0.39 is 0 Å². The molecule has 1 saturated heterocycles. The molecule has 0 spiro atoms. The van der Waals surface area contributed by atoms with E-state index >= 15 is 0 Å². The minimum atomic E-state index is -0.0886. The fourth-order valence-corrected chi connectivity index (χ4v) is 2.60. The number of nitrogens with zero attached hydrogens (tertiary/aromatic N) is 4. The zero-order chi connectivity index (χ0) is 16.1. The van der Waals surface area contributed by atoms with Gasteiger partial charge in [-0.25, -0.2) is 4.79 Å². The number of urea groups is 1. The second kappa shape index (κ2) is 7.23. The van der Waals surface area contributed by atoms with Gasteiger partial charge in [-0.1, -0.05) is 25.1 Å². The van der Waals surface area contributed by atoms with Crippen LogP contribution in [0.1, 0.15) is 19.2 Å². The zero-order valence-corrected chi connectivity index (χ0v) is 13.2. The highest BCUT2D eigenvalue weighted by Gasteiger charge is 2.23.